The number of nitrogens with zero attached hydrogens (tertiary/aromatic N) is 3. The van der Waals surface area contributed by atoms with Crippen molar-refractivity contribution in [2.45, 2.75) is 19.5 Å². The van der Waals surface area contributed by atoms with Crippen molar-refractivity contribution in [3.63, 3.8) is 0 Å². The lowest BCUT2D eigenvalue weighted by molar-refractivity contribution is -0.274. The number of aromatic nitrogens is 2. The number of hydrogen-bond donors (Lipinski definition) is 1. The van der Waals surface area contributed by atoms with Crippen molar-refractivity contribution in [3.05, 3.63) is 78.2 Å². The van der Waals surface area contributed by atoms with Gasteiger partial charge in [-0.05, 0) is 66.3 Å². The molecule has 1 saturated heterocycles. The molecule has 1 aromatic carbocycles. The van der Waals surface area contributed by atoms with Gasteiger partial charge in [0.1, 0.15) is 11.6 Å². The van der Waals surface area contributed by atoms with Crippen molar-refractivity contribution in [1.29, 1.82) is 0 Å². The number of pyridine rings is 1. The molecular formula is C24H25F3N4O. The highest BCUT2D eigenvalue weighted by atomic mass is 19.4. The van der Waals surface area contributed by atoms with Crippen LogP contribution in [0.25, 0.3) is 5.82 Å². The zero-order valence-corrected chi connectivity index (χ0v) is 17.5. The summed E-state index contributed by atoms with van der Waals surface area (Å²) < 4.78 is 43.3. The number of hydrogen-bond acceptors (Lipinski definition) is 4. The standard InChI is InChI=1S/C24H25F3N4O/c25-24(26,27)32-19-7-3-5-17(11-19)12-28-13-20-21-15-30(16-22(20)21)14-18-6-4-10-31(18)23-8-1-2-9-29-23/h1-11,20-22,28H,12-16H2. The number of likely N-dealkylation sites (tertiary alicyclic amines) is 1. The quantitative estimate of drug-likeness (QED) is 0.567. The third-order valence-corrected chi connectivity index (χ3v) is 6.40. The van der Waals surface area contributed by atoms with Crippen LogP contribution in [0.5, 0.6) is 5.75 Å². The van der Waals surface area contributed by atoms with Crippen LogP contribution < -0.4 is 10.1 Å². The van der Waals surface area contributed by atoms with Crippen molar-refractivity contribution in [3.8, 4) is 11.6 Å². The van der Waals surface area contributed by atoms with E-state index in [0.29, 0.717) is 24.3 Å². The van der Waals surface area contributed by atoms with Crippen LogP contribution in [-0.4, -0.2) is 40.4 Å². The summed E-state index contributed by atoms with van der Waals surface area (Å²) in [5, 5.41) is 3.41. The Bertz CT molecular complexity index is 1040. The maximum absolute atomic E-state index is 12.4. The van der Waals surface area contributed by atoms with Crippen LogP contribution >= 0.6 is 0 Å². The lowest BCUT2D eigenvalue weighted by atomic mass is 10.2. The van der Waals surface area contributed by atoms with Crippen molar-refractivity contribution in [2.75, 3.05) is 19.6 Å². The summed E-state index contributed by atoms with van der Waals surface area (Å²) in [6.07, 6.45) is -0.806. The molecule has 3 aromatic rings. The summed E-state index contributed by atoms with van der Waals surface area (Å²) in [5.74, 6) is 2.79. The second kappa shape index (κ2) is 8.60. The van der Waals surface area contributed by atoms with Gasteiger partial charge in [-0.1, -0.05) is 18.2 Å². The Morgan fingerprint density at radius 1 is 1.03 bits per heavy atom. The first-order chi connectivity index (χ1) is 15.5. The van der Waals surface area contributed by atoms with Gasteiger partial charge in [0.15, 0.2) is 0 Å². The third kappa shape index (κ3) is 4.81. The van der Waals surface area contributed by atoms with Gasteiger partial charge in [-0.15, -0.1) is 13.2 Å². The molecular weight excluding hydrogens is 417 g/mol. The first-order valence-electron chi connectivity index (χ1n) is 10.8. The average molecular weight is 442 g/mol. The van der Waals surface area contributed by atoms with Crippen LogP contribution in [0.1, 0.15) is 11.3 Å². The Balaban J connectivity index is 1.08. The molecule has 1 saturated carbocycles. The molecule has 32 heavy (non-hydrogen) atoms. The maximum atomic E-state index is 12.4. The van der Waals surface area contributed by atoms with Crippen LogP contribution in [-0.2, 0) is 13.1 Å². The summed E-state index contributed by atoms with van der Waals surface area (Å²) in [6.45, 7) is 4.49. The molecule has 0 amide bonds. The number of halogens is 3. The van der Waals surface area contributed by atoms with Crippen molar-refractivity contribution in [1.82, 2.24) is 19.8 Å². The van der Waals surface area contributed by atoms with Gasteiger partial charge in [0, 0.05) is 44.3 Å². The number of benzene rings is 1. The van der Waals surface area contributed by atoms with Gasteiger partial charge in [-0.3, -0.25) is 4.90 Å². The largest absolute Gasteiger partial charge is 0.573 e. The molecule has 2 fully saturated rings. The Labute approximate surface area is 184 Å². The van der Waals surface area contributed by atoms with E-state index >= 15 is 0 Å². The Kier molecular flexibility index (Phi) is 5.65. The van der Waals surface area contributed by atoms with Crippen molar-refractivity contribution >= 4 is 0 Å². The zero-order valence-electron chi connectivity index (χ0n) is 17.5. The van der Waals surface area contributed by atoms with Gasteiger partial charge in [0.2, 0.25) is 0 Å². The van der Waals surface area contributed by atoms with Crippen LogP contribution in [0.4, 0.5) is 13.2 Å². The van der Waals surface area contributed by atoms with E-state index in [-0.39, 0.29) is 5.75 Å². The van der Waals surface area contributed by atoms with Crippen molar-refractivity contribution in [2.24, 2.45) is 17.8 Å². The van der Waals surface area contributed by atoms with E-state index in [2.05, 4.69) is 42.8 Å². The topological polar surface area (TPSA) is 42.3 Å². The molecule has 2 atom stereocenters. The molecule has 0 spiro atoms. The summed E-state index contributed by atoms with van der Waals surface area (Å²) in [6, 6.07) is 16.3. The van der Waals surface area contributed by atoms with E-state index in [1.165, 1.54) is 17.8 Å². The van der Waals surface area contributed by atoms with Gasteiger partial charge < -0.3 is 14.6 Å². The lowest BCUT2D eigenvalue weighted by Crippen LogP contribution is -2.28. The highest BCUT2D eigenvalue weighted by Crippen LogP contribution is 2.51. The summed E-state index contributed by atoms with van der Waals surface area (Å²) in [4.78, 5) is 6.94. The minimum absolute atomic E-state index is 0.175. The molecule has 2 unspecified atom stereocenters. The van der Waals surface area contributed by atoms with Crippen LogP contribution in [0.15, 0.2) is 67.0 Å². The van der Waals surface area contributed by atoms with E-state index in [0.717, 1.165) is 37.6 Å². The molecule has 168 valence electrons. The fraction of sp³-hybridized carbons (Fsp3) is 0.375. The molecule has 1 aliphatic heterocycles. The monoisotopic (exact) mass is 442 g/mol. The molecule has 0 radical (unpaired) electrons. The Morgan fingerprint density at radius 2 is 1.88 bits per heavy atom. The van der Waals surface area contributed by atoms with E-state index in [4.69, 9.17) is 0 Å². The molecule has 5 rings (SSSR count). The second-order valence-corrected chi connectivity index (χ2v) is 8.57. The minimum atomic E-state index is -4.66. The molecule has 3 heterocycles. The van der Waals surface area contributed by atoms with Crippen LogP contribution in [0.3, 0.4) is 0 Å². The smallest absolute Gasteiger partial charge is 0.406 e. The first kappa shape index (κ1) is 21.0. The molecule has 1 N–H and O–H groups in total. The molecule has 5 nitrogen and oxygen atoms in total. The van der Waals surface area contributed by atoms with E-state index in [1.807, 2.05) is 24.3 Å². The van der Waals surface area contributed by atoms with Gasteiger partial charge in [-0.25, -0.2) is 4.98 Å². The van der Waals surface area contributed by atoms with E-state index in [9.17, 15) is 13.2 Å². The van der Waals surface area contributed by atoms with Crippen LogP contribution in [0, 0.1) is 17.8 Å². The number of piperidine rings is 1. The Morgan fingerprint density at radius 3 is 2.62 bits per heavy atom. The maximum Gasteiger partial charge on any atom is 0.573 e. The van der Waals surface area contributed by atoms with Gasteiger partial charge >= 0.3 is 6.36 Å². The normalized spacial score (nSPS) is 22.7. The Hall–Kier alpha value is -2.84. The number of alkyl halides is 3. The summed E-state index contributed by atoms with van der Waals surface area (Å²) in [5.41, 5.74) is 2.02. The fourth-order valence-electron chi connectivity index (χ4n) is 4.90. The minimum Gasteiger partial charge on any atom is -0.406 e. The lowest BCUT2D eigenvalue weighted by Gasteiger charge is -2.20. The SMILES string of the molecule is FC(F)(F)Oc1cccc(CNCC2C3CN(Cc4cccn4-c4ccccn4)CC23)c1. The summed E-state index contributed by atoms with van der Waals surface area (Å²) in [7, 11) is 0. The second-order valence-electron chi connectivity index (χ2n) is 8.57. The highest BCUT2D eigenvalue weighted by molar-refractivity contribution is 5.29. The molecule has 8 heteroatoms. The van der Waals surface area contributed by atoms with Gasteiger partial charge in [0.05, 0.1) is 0 Å². The van der Waals surface area contributed by atoms with Crippen LogP contribution in [0.2, 0.25) is 0 Å². The molecule has 2 aliphatic rings. The number of nitrogens with one attached hydrogen (secondary N) is 1. The van der Waals surface area contributed by atoms with Gasteiger partial charge in [-0.2, -0.15) is 0 Å². The molecule has 0 bridgehead atoms. The number of ether oxygens (including phenoxy) is 1. The highest BCUT2D eigenvalue weighted by Gasteiger charge is 2.54. The van der Waals surface area contributed by atoms with Gasteiger partial charge in [0.25, 0.3) is 0 Å². The molecule has 2 aromatic heterocycles. The zero-order chi connectivity index (χ0) is 22.1. The molecule has 1 aliphatic carbocycles. The number of fused-ring (bicyclic) bond motifs is 1. The average Bonchev–Trinajstić information content (AvgIpc) is 3.10. The number of rotatable bonds is 8. The summed E-state index contributed by atoms with van der Waals surface area (Å²) >= 11 is 0. The van der Waals surface area contributed by atoms with Crippen molar-refractivity contribution < 1.29 is 17.9 Å². The van der Waals surface area contributed by atoms with E-state index < -0.39 is 6.36 Å². The predicted molar refractivity (Wildman–Crippen MR) is 114 cm³/mol. The fourth-order valence-corrected chi connectivity index (χ4v) is 4.90. The first-order valence-corrected chi connectivity index (χ1v) is 10.8. The third-order valence-electron chi connectivity index (χ3n) is 6.40. The van der Waals surface area contributed by atoms with E-state index in [1.54, 1.807) is 12.3 Å². The predicted octanol–water partition coefficient (Wildman–Crippen LogP) is 4.24.